The fourth-order valence-corrected chi connectivity index (χ4v) is 1.45. The zero-order chi connectivity index (χ0) is 11.5. The number of nitrogens with zero attached hydrogens (tertiary/aromatic N) is 1. The number of aromatic nitrogens is 1. The van der Waals surface area contributed by atoms with Crippen molar-refractivity contribution in [2.45, 2.75) is 0 Å². The van der Waals surface area contributed by atoms with Gasteiger partial charge in [0.05, 0.1) is 0 Å². The van der Waals surface area contributed by atoms with E-state index in [1.807, 2.05) is 0 Å². The van der Waals surface area contributed by atoms with Crippen LogP contribution < -0.4 is 5.73 Å². The molecule has 1 aromatic heterocycles. The number of aldehydes is 1. The summed E-state index contributed by atoms with van der Waals surface area (Å²) in [6.07, 6.45) is 2.00. The largest absolute Gasteiger partial charge is 0.383 e. The zero-order valence-corrected chi connectivity index (χ0v) is 8.35. The molecule has 0 fully saturated rings. The topological polar surface area (TPSA) is 56.0 Å². The van der Waals surface area contributed by atoms with Crippen molar-refractivity contribution in [3.05, 3.63) is 47.9 Å². The van der Waals surface area contributed by atoms with Crippen LogP contribution in [0.15, 0.2) is 36.5 Å². The Morgan fingerprint density at radius 1 is 1.25 bits per heavy atom. The summed E-state index contributed by atoms with van der Waals surface area (Å²) in [5.74, 6) is -0.185. The van der Waals surface area contributed by atoms with Gasteiger partial charge < -0.3 is 5.73 Å². The lowest BCUT2D eigenvalue weighted by Crippen LogP contribution is -1.97. The molecule has 2 aromatic rings. The van der Waals surface area contributed by atoms with Gasteiger partial charge in [0.15, 0.2) is 6.29 Å². The molecule has 1 aromatic carbocycles. The molecule has 0 aliphatic carbocycles. The molecular formula is C12H9FN2O. The van der Waals surface area contributed by atoms with Crippen molar-refractivity contribution in [1.82, 2.24) is 4.98 Å². The maximum atomic E-state index is 13.5. The average Bonchev–Trinajstić information content (AvgIpc) is 2.31. The predicted molar refractivity (Wildman–Crippen MR) is 59.4 cm³/mol. The summed E-state index contributed by atoms with van der Waals surface area (Å²) in [7, 11) is 0. The van der Waals surface area contributed by atoms with Gasteiger partial charge in [0.25, 0.3) is 0 Å². The van der Waals surface area contributed by atoms with E-state index >= 15 is 0 Å². The van der Waals surface area contributed by atoms with Gasteiger partial charge in [-0.15, -0.1) is 0 Å². The summed E-state index contributed by atoms with van der Waals surface area (Å²) < 4.78 is 13.5. The third-order valence-corrected chi connectivity index (χ3v) is 2.24. The quantitative estimate of drug-likeness (QED) is 0.783. The Morgan fingerprint density at radius 3 is 2.69 bits per heavy atom. The lowest BCUT2D eigenvalue weighted by Gasteiger charge is -2.06. The number of hydrogen-bond donors (Lipinski definition) is 1. The lowest BCUT2D eigenvalue weighted by atomic mass is 10.0. The van der Waals surface area contributed by atoms with E-state index in [9.17, 15) is 9.18 Å². The van der Waals surface area contributed by atoms with Crippen LogP contribution in [0.4, 0.5) is 10.2 Å². The van der Waals surface area contributed by atoms with E-state index in [2.05, 4.69) is 4.98 Å². The molecule has 0 bridgehead atoms. The number of carbonyl (C=O) groups is 1. The van der Waals surface area contributed by atoms with Crippen LogP contribution in [0.25, 0.3) is 11.1 Å². The number of carbonyl (C=O) groups excluding carboxylic acids is 1. The normalized spacial score (nSPS) is 10.1. The second-order valence-corrected chi connectivity index (χ2v) is 3.30. The number of hydrogen-bond acceptors (Lipinski definition) is 3. The van der Waals surface area contributed by atoms with E-state index in [1.54, 1.807) is 18.2 Å². The monoisotopic (exact) mass is 216 g/mol. The van der Waals surface area contributed by atoms with Crippen LogP contribution in [-0.4, -0.2) is 11.3 Å². The predicted octanol–water partition coefficient (Wildman–Crippen LogP) is 2.28. The van der Waals surface area contributed by atoms with E-state index in [-0.39, 0.29) is 11.6 Å². The Morgan fingerprint density at radius 2 is 2.00 bits per heavy atom. The smallest absolute Gasteiger partial charge is 0.151 e. The first-order chi connectivity index (χ1) is 7.72. The van der Waals surface area contributed by atoms with Crippen LogP contribution in [0, 0.1) is 5.82 Å². The SMILES string of the molecule is Nc1ncc(C=O)cc1-c1ccccc1F. The Bertz CT molecular complexity index is 540. The Balaban J connectivity index is 2.63. The van der Waals surface area contributed by atoms with Crippen LogP contribution in [0.1, 0.15) is 10.4 Å². The molecule has 0 atom stereocenters. The molecule has 0 amide bonds. The number of nitrogen functional groups attached to an aromatic ring is 1. The fourth-order valence-electron chi connectivity index (χ4n) is 1.45. The standard InChI is InChI=1S/C12H9FN2O/c13-11-4-2-1-3-9(11)10-5-8(7-16)6-15-12(10)14/h1-7H,(H2,14,15). The molecule has 2 rings (SSSR count). The van der Waals surface area contributed by atoms with Gasteiger partial charge in [0.1, 0.15) is 11.6 Å². The first-order valence-electron chi connectivity index (χ1n) is 4.68. The Hall–Kier alpha value is -2.23. The minimum Gasteiger partial charge on any atom is -0.383 e. The molecule has 1 heterocycles. The molecule has 0 aliphatic heterocycles. The van der Waals surface area contributed by atoms with Crippen molar-refractivity contribution >= 4 is 12.1 Å². The van der Waals surface area contributed by atoms with Gasteiger partial charge >= 0.3 is 0 Å². The second-order valence-electron chi connectivity index (χ2n) is 3.30. The van der Waals surface area contributed by atoms with Gasteiger partial charge in [-0.2, -0.15) is 0 Å². The van der Waals surface area contributed by atoms with Gasteiger partial charge in [-0.05, 0) is 12.1 Å². The van der Waals surface area contributed by atoms with Gasteiger partial charge in [-0.1, -0.05) is 18.2 Å². The molecule has 2 N–H and O–H groups in total. The van der Waals surface area contributed by atoms with E-state index in [4.69, 9.17) is 5.73 Å². The first kappa shape index (κ1) is 10.3. The lowest BCUT2D eigenvalue weighted by molar-refractivity contribution is 0.112. The minimum atomic E-state index is -0.390. The number of rotatable bonds is 2. The van der Waals surface area contributed by atoms with Crippen molar-refractivity contribution in [1.29, 1.82) is 0 Å². The zero-order valence-electron chi connectivity index (χ0n) is 8.35. The first-order valence-corrected chi connectivity index (χ1v) is 4.68. The minimum absolute atomic E-state index is 0.204. The Kier molecular flexibility index (Phi) is 2.64. The molecule has 4 heteroatoms. The van der Waals surface area contributed by atoms with Crippen molar-refractivity contribution in [3.63, 3.8) is 0 Å². The van der Waals surface area contributed by atoms with Gasteiger partial charge in [0.2, 0.25) is 0 Å². The number of halogens is 1. The molecule has 80 valence electrons. The summed E-state index contributed by atoms with van der Waals surface area (Å²) >= 11 is 0. The molecule has 0 aliphatic rings. The highest BCUT2D eigenvalue weighted by atomic mass is 19.1. The summed E-state index contributed by atoms with van der Waals surface area (Å²) in [4.78, 5) is 14.5. The fraction of sp³-hybridized carbons (Fsp3) is 0. The van der Waals surface area contributed by atoms with Crippen LogP contribution in [-0.2, 0) is 0 Å². The molecule has 0 saturated heterocycles. The maximum Gasteiger partial charge on any atom is 0.151 e. The molecular weight excluding hydrogens is 207 g/mol. The summed E-state index contributed by atoms with van der Waals surface area (Å²) in [5, 5.41) is 0. The summed E-state index contributed by atoms with van der Waals surface area (Å²) in [6.45, 7) is 0. The molecule has 0 saturated carbocycles. The van der Waals surface area contributed by atoms with Crippen LogP contribution in [0.3, 0.4) is 0 Å². The highest BCUT2D eigenvalue weighted by Crippen LogP contribution is 2.26. The van der Waals surface area contributed by atoms with Gasteiger partial charge in [-0.3, -0.25) is 4.79 Å². The molecule has 0 radical (unpaired) electrons. The van der Waals surface area contributed by atoms with Crippen molar-refractivity contribution in [3.8, 4) is 11.1 Å². The van der Waals surface area contributed by atoms with Crippen LogP contribution in [0.2, 0.25) is 0 Å². The highest BCUT2D eigenvalue weighted by Gasteiger charge is 2.09. The molecule has 0 spiro atoms. The van der Waals surface area contributed by atoms with E-state index in [1.165, 1.54) is 18.3 Å². The van der Waals surface area contributed by atoms with E-state index in [0.29, 0.717) is 23.0 Å². The van der Waals surface area contributed by atoms with Crippen molar-refractivity contribution in [2.24, 2.45) is 0 Å². The number of nitrogens with two attached hydrogens (primary N) is 1. The van der Waals surface area contributed by atoms with Gasteiger partial charge in [-0.25, -0.2) is 9.37 Å². The van der Waals surface area contributed by atoms with E-state index in [0.717, 1.165) is 0 Å². The molecule has 3 nitrogen and oxygen atoms in total. The van der Waals surface area contributed by atoms with Crippen LogP contribution >= 0.6 is 0 Å². The molecule has 16 heavy (non-hydrogen) atoms. The van der Waals surface area contributed by atoms with Crippen LogP contribution in [0.5, 0.6) is 0 Å². The van der Waals surface area contributed by atoms with E-state index < -0.39 is 0 Å². The summed E-state index contributed by atoms with van der Waals surface area (Å²) in [5.41, 5.74) is 6.80. The van der Waals surface area contributed by atoms with Crippen molar-refractivity contribution in [2.75, 3.05) is 5.73 Å². The third-order valence-electron chi connectivity index (χ3n) is 2.24. The number of pyridine rings is 1. The third kappa shape index (κ3) is 1.77. The van der Waals surface area contributed by atoms with Gasteiger partial charge in [0, 0.05) is 22.9 Å². The number of anilines is 1. The Labute approximate surface area is 91.7 Å². The van der Waals surface area contributed by atoms with Crippen molar-refractivity contribution < 1.29 is 9.18 Å². The summed E-state index contributed by atoms with van der Waals surface area (Å²) in [6, 6.07) is 7.74. The maximum absolute atomic E-state index is 13.5. The number of benzene rings is 1. The highest BCUT2D eigenvalue weighted by molar-refractivity contribution is 5.82. The second kappa shape index (κ2) is 4.10. The molecule has 0 unspecified atom stereocenters. The average molecular weight is 216 g/mol.